The minimum atomic E-state index is 0.578. The Morgan fingerprint density at radius 1 is 0.500 bits per heavy atom. The third-order valence-corrected chi connectivity index (χ3v) is 7.41. The molecule has 0 radical (unpaired) electrons. The van der Waals surface area contributed by atoms with Crippen LogP contribution in [0, 0.1) is 0 Å². The number of nitrogens with two attached hydrogens (primary N) is 2. The van der Waals surface area contributed by atoms with Crippen LogP contribution in [0.15, 0.2) is 121 Å². The molecular formula is C34H24N2. The molecule has 0 unspecified atom stereocenters. The second kappa shape index (κ2) is 7.86. The second-order valence-electron chi connectivity index (χ2n) is 9.41. The van der Waals surface area contributed by atoms with E-state index in [1.165, 1.54) is 66.0 Å². The number of hydrogen-bond donors (Lipinski definition) is 2. The van der Waals surface area contributed by atoms with Crippen LogP contribution >= 0.6 is 0 Å². The standard InChI is InChI=1S/C34H24N2/c35-20-32(36)23-11-9-22(10-12-23)30-19-31(27-13-8-21-4-1-2-5-26(21)18-27)29-17-15-25-7-3-6-24-14-16-28(30)34(29)33(24)25/h1-20H,35-36H2/b32-20-. The fraction of sp³-hybridized carbons (Fsp3) is 0. The van der Waals surface area contributed by atoms with Crippen LogP contribution in [0.1, 0.15) is 5.56 Å². The molecule has 0 aliphatic rings. The zero-order chi connectivity index (χ0) is 24.2. The van der Waals surface area contributed by atoms with Gasteiger partial charge in [-0.2, -0.15) is 0 Å². The first-order valence-electron chi connectivity index (χ1n) is 12.2. The normalized spacial score (nSPS) is 12.3. The van der Waals surface area contributed by atoms with Gasteiger partial charge >= 0.3 is 0 Å². The molecule has 170 valence electrons. The molecule has 0 aromatic heterocycles. The lowest BCUT2D eigenvalue weighted by atomic mass is 9.85. The molecule has 7 rings (SSSR count). The third kappa shape index (κ3) is 3.05. The Morgan fingerprint density at radius 3 is 1.78 bits per heavy atom. The van der Waals surface area contributed by atoms with Crippen LogP contribution in [0.25, 0.3) is 71.0 Å². The molecule has 0 saturated heterocycles. The van der Waals surface area contributed by atoms with Crippen LogP contribution < -0.4 is 11.5 Å². The van der Waals surface area contributed by atoms with E-state index in [0.717, 1.165) is 11.1 Å². The molecule has 0 amide bonds. The van der Waals surface area contributed by atoms with Gasteiger partial charge in [-0.15, -0.1) is 0 Å². The van der Waals surface area contributed by atoms with Gasteiger partial charge in [0.05, 0.1) is 5.70 Å². The minimum absolute atomic E-state index is 0.578. The minimum Gasteiger partial charge on any atom is -0.403 e. The van der Waals surface area contributed by atoms with E-state index in [1.54, 1.807) is 0 Å². The summed E-state index contributed by atoms with van der Waals surface area (Å²) in [6.07, 6.45) is 1.45. The summed E-state index contributed by atoms with van der Waals surface area (Å²) in [5.41, 5.74) is 18.0. The summed E-state index contributed by atoms with van der Waals surface area (Å²) in [4.78, 5) is 0. The Balaban J connectivity index is 1.58. The maximum Gasteiger partial charge on any atom is 0.0545 e. The summed E-state index contributed by atoms with van der Waals surface area (Å²) >= 11 is 0. The zero-order valence-electron chi connectivity index (χ0n) is 19.7. The smallest absolute Gasteiger partial charge is 0.0545 e. The summed E-state index contributed by atoms with van der Waals surface area (Å²) in [5.74, 6) is 0. The van der Waals surface area contributed by atoms with Gasteiger partial charge in [0.15, 0.2) is 0 Å². The van der Waals surface area contributed by atoms with E-state index in [4.69, 9.17) is 11.5 Å². The Labute approximate surface area is 209 Å². The highest BCUT2D eigenvalue weighted by atomic mass is 14.6. The van der Waals surface area contributed by atoms with Gasteiger partial charge in [0.25, 0.3) is 0 Å². The van der Waals surface area contributed by atoms with Crippen molar-refractivity contribution in [1.82, 2.24) is 0 Å². The van der Waals surface area contributed by atoms with E-state index >= 15 is 0 Å². The fourth-order valence-electron chi connectivity index (χ4n) is 5.60. The summed E-state index contributed by atoms with van der Waals surface area (Å²) in [6.45, 7) is 0. The lowest BCUT2D eigenvalue weighted by molar-refractivity contribution is 1.46. The van der Waals surface area contributed by atoms with Gasteiger partial charge in [-0.05, 0) is 83.0 Å². The van der Waals surface area contributed by atoms with Crippen molar-refractivity contribution >= 4 is 48.8 Å². The van der Waals surface area contributed by atoms with Gasteiger partial charge < -0.3 is 11.5 Å². The Hall–Kier alpha value is -4.82. The van der Waals surface area contributed by atoms with Gasteiger partial charge in [-0.3, -0.25) is 0 Å². The van der Waals surface area contributed by atoms with E-state index in [1.807, 2.05) is 12.1 Å². The lowest BCUT2D eigenvalue weighted by Crippen LogP contribution is -1.99. The average Bonchev–Trinajstić information content (AvgIpc) is 2.95. The molecule has 0 aliphatic heterocycles. The second-order valence-corrected chi connectivity index (χ2v) is 9.41. The molecule has 7 aromatic carbocycles. The van der Waals surface area contributed by atoms with Gasteiger partial charge in [0, 0.05) is 6.20 Å². The molecule has 4 N–H and O–H groups in total. The van der Waals surface area contributed by atoms with Crippen LogP contribution in [0.2, 0.25) is 0 Å². The highest BCUT2D eigenvalue weighted by Gasteiger charge is 2.17. The molecule has 2 heteroatoms. The first-order valence-corrected chi connectivity index (χ1v) is 12.2. The SMILES string of the molecule is N/C=C(\N)c1ccc(-c2cc(-c3ccc4ccccc4c3)c3ccc4cccc5ccc2c3c54)cc1. The van der Waals surface area contributed by atoms with Crippen LogP contribution in [0.4, 0.5) is 0 Å². The van der Waals surface area contributed by atoms with Crippen molar-refractivity contribution in [2.24, 2.45) is 11.5 Å². The maximum atomic E-state index is 6.05. The first kappa shape index (κ1) is 20.5. The highest BCUT2D eigenvalue weighted by Crippen LogP contribution is 2.44. The van der Waals surface area contributed by atoms with Crippen molar-refractivity contribution in [2.75, 3.05) is 0 Å². The molecule has 36 heavy (non-hydrogen) atoms. The van der Waals surface area contributed by atoms with E-state index in [-0.39, 0.29) is 0 Å². The Morgan fingerprint density at radius 2 is 1.08 bits per heavy atom. The van der Waals surface area contributed by atoms with Crippen molar-refractivity contribution in [3.63, 3.8) is 0 Å². The molecule has 0 saturated carbocycles. The summed E-state index contributed by atoms with van der Waals surface area (Å²) < 4.78 is 0. The lowest BCUT2D eigenvalue weighted by Gasteiger charge is -2.18. The van der Waals surface area contributed by atoms with Crippen molar-refractivity contribution in [3.8, 4) is 22.3 Å². The van der Waals surface area contributed by atoms with Crippen molar-refractivity contribution in [1.29, 1.82) is 0 Å². The molecule has 0 spiro atoms. The van der Waals surface area contributed by atoms with E-state index in [9.17, 15) is 0 Å². The number of benzene rings is 7. The number of hydrogen-bond acceptors (Lipinski definition) is 2. The van der Waals surface area contributed by atoms with Crippen LogP contribution in [0.5, 0.6) is 0 Å². The van der Waals surface area contributed by atoms with Crippen molar-refractivity contribution in [2.45, 2.75) is 0 Å². The fourth-order valence-corrected chi connectivity index (χ4v) is 5.60. The van der Waals surface area contributed by atoms with Crippen molar-refractivity contribution in [3.05, 3.63) is 127 Å². The Bertz CT molecular complexity index is 1930. The number of fused-ring (bicyclic) bond motifs is 1. The van der Waals surface area contributed by atoms with E-state index in [2.05, 4.69) is 103 Å². The summed E-state index contributed by atoms with van der Waals surface area (Å²) in [5, 5.41) is 10.2. The Kier molecular flexibility index (Phi) is 4.49. The van der Waals surface area contributed by atoms with E-state index < -0.39 is 0 Å². The van der Waals surface area contributed by atoms with Crippen LogP contribution in [0.3, 0.4) is 0 Å². The predicted molar refractivity (Wildman–Crippen MR) is 155 cm³/mol. The van der Waals surface area contributed by atoms with Crippen LogP contribution in [-0.4, -0.2) is 0 Å². The van der Waals surface area contributed by atoms with Crippen molar-refractivity contribution < 1.29 is 0 Å². The quantitative estimate of drug-likeness (QED) is 0.261. The molecule has 0 heterocycles. The molecule has 0 aliphatic carbocycles. The highest BCUT2D eigenvalue weighted by molar-refractivity contribution is 6.28. The molecule has 0 fully saturated rings. The molecule has 2 nitrogen and oxygen atoms in total. The third-order valence-electron chi connectivity index (χ3n) is 7.41. The number of rotatable bonds is 3. The van der Waals surface area contributed by atoms with Gasteiger partial charge in [0.2, 0.25) is 0 Å². The molecule has 0 bridgehead atoms. The van der Waals surface area contributed by atoms with Crippen LogP contribution in [-0.2, 0) is 0 Å². The predicted octanol–water partition coefficient (Wildman–Crippen LogP) is 8.29. The van der Waals surface area contributed by atoms with Gasteiger partial charge in [-0.25, -0.2) is 0 Å². The summed E-state index contributed by atoms with van der Waals surface area (Å²) in [6, 6.07) is 41.6. The molecular weight excluding hydrogens is 436 g/mol. The van der Waals surface area contributed by atoms with Gasteiger partial charge in [-0.1, -0.05) is 103 Å². The molecule has 7 aromatic rings. The largest absolute Gasteiger partial charge is 0.403 e. The maximum absolute atomic E-state index is 6.05. The van der Waals surface area contributed by atoms with Gasteiger partial charge in [0.1, 0.15) is 0 Å². The molecule has 0 atom stereocenters. The zero-order valence-corrected chi connectivity index (χ0v) is 19.7. The first-order chi connectivity index (χ1) is 17.7. The summed E-state index contributed by atoms with van der Waals surface area (Å²) in [7, 11) is 0. The average molecular weight is 461 g/mol. The van der Waals surface area contributed by atoms with E-state index in [0.29, 0.717) is 5.70 Å². The topological polar surface area (TPSA) is 52.0 Å². The monoisotopic (exact) mass is 460 g/mol.